The first-order valence-corrected chi connectivity index (χ1v) is 6.45. The third-order valence-electron chi connectivity index (χ3n) is 2.76. The molecule has 0 bridgehead atoms. The summed E-state index contributed by atoms with van der Waals surface area (Å²) >= 11 is 5.97. The molecule has 0 fully saturated rings. The van der Waals surface area contributed by atoms with Crippen LogP contribution in [0.4, 0.5) is 5.69 Å². The maximum absolute atomic E-state index is 8.80. The maximum atomic E-state index is 8.80. The average Bonchev–Trinajstić information content (AvgIpc) is 2.85. The fourth-order valence-electron chi connectivity index (χ4n) is 1.67. The Morgan fingerprint density at radius 2 is 2.21 bits per heavy atom. The summed E-state index contributed by atoms with van der Waals surface area (Å²) in [6, 6.07) is 9.67. The van der Waals surface area contributed by atoms with Crippen LogP contribution in [0.5, 0.6) is 0 Å². The van der Waals surface area contributed by atoms with Gasteiger partial charge in [-0.1, -0.05) is 11.6 Å². The largest absolute Gasteiger partial charge is 0.379 e. The zero-order chi connectivity index (χ0) is 13.8. The minimum absolute atomic E-state index is 0.359. The van der Waals surface area contributed by atoms with Crippen LogP contribution in [0.1, 0.15) is 31.1 Å². The van der Waals surface area contributed by atoms with Crippen molar-refractivity contribution in [2.45, 2.75) is 26.4 Å². The number of nitriles is 1. The second-order valence-corrected chi connectivity index (χ2v) is 4.95. The van der Waals surface area contributed by atoms with Crippen LogP contribution in [0.25, 0.3) is 0 Å². The second kappa shape index (κ2) is 5.77. The van der Waals surface area contributed by atoms with Gasteiger partial charge in [-0.05, 0) is 38.1 Å². The standard InChI is InChI=1S/C14H15ClN4/c1-10(2)19-6-5-13(18-19)9-17-12-4-3-11(8-16)14(15)7-12/h3-7,10,17H,9H2,1-2H3. The predicted octanol–water partition coefficient (Wildman–Crippen LogP) is 3.60. The number of rotatable bonds is 4. The summed E-state index contributed by atoms with van der Waals surface area (Å²) in [4.78, 5) is 0. The minimum atomic E-state index is 0.359. The summed E-state index contributed by atoms with van der Waals surface area (Å²) in [7, 11) is 0. The molecule has 98 valence electrons. The van der Waals surface area contributed by atoms with Gasteiger partial charge >= 0.3 is 0 Å². The molecule has 0 saturated heterocycles. The van der Waals surface area contributed by atoms with Crippen molar-refractivity contribution in [2.75, 3.05) is 5.32 Å². The Labute approximate surface area is 117 Å². The molecule has 0 aliphatic rings. The van der Waals surface area contributed by atoms with Crippen molar-refractivity contribution in [3.63, 3.8) is 0 Å². The van der Waals surface area contributed by atoms with Crippen LogP contribution in [0.2, 0.25) is 5.02 Å². The Morgan fingerprint density at radius 1 is 1.42 bits per heavy atom. The van der Waals surface area contributed by atoms with Crippen molar-refractivity contribution in [1.82, 2.24) is 9.78 Å². The Hall–Kier alpha value is -1.99. The highest BCUT2D eigenvalue weighted by molar-refractivity contribution is 6.32. The van der Waals surface area contributed by atoms with E-state index < -0.39 is 0 Å². The third-order valence-corrected chi connectivity index (χ3v) is 3.07. The van der Waals surface area contributed by atoms with E-state index >= 15 is 0 Å². The smallest absolute Gasteiger partial charge is 0.101 e. The molecule has 1 aromatic heterocycles. The number of nitrogens with zero attached hydrogens (tertiary/aromatic N) is 3. The van der Waals surface area contributed by atoms with Crippen molar-refractivity contribution in [3.05, 3.63) is 46.7 Å². The number of aromatic nitrogens is 2. The summed E-state index contributed by atoms with van der Waals surface area (Å²) in [5.74, 6) is 0. The van der Waals surface area contributed by atoms with Crippen molar-refractivity contribution in [3.8, 4) is 6.07 Å². The van der Waals surface area contributed by atoms with E-state index in [4.69, 9.17) is 16.9 Å². The molecule has 2 aromatic rings. The monoisotopic (exact) mass is 274 g/mol. The van der Waals surface area contributed by atoms with Crippen LogP contribution in [0.15, 0.2) is 30.5 Å². The first kappa shape index (κ1) is 13.4. The summed E-state index contributed by atoms with van der Waals surface area (Å²) in [5.41, 5.74) is 2.33. The molecule has 0 aliphatic heterocycles. The van der Waals surface area contributed by atoms with Crippen molar-refractivity contribution in [1.29, 1.82) is 5.26 Å². The molecule has 0 unspecified atom stereocenters. The molecule has 0 aliphatic carbocycles. The fourth-order valence-corrected chi connectivity index (χ4v) is 1.89. The lowest BCUT2D eigenvalue weighted by molar-refractivity contribution is 0.527. The Morgan fingerprint density at radius 3 is 2.79 bits per heavy atom. The van der Waals surface area contributed by atoms with Crippen LogP contribution in [0.3, 0.4) is 0 Å². The van der Waals surface area contributed by atoms with Gasteiger partial charge in [0, 0.05) is 17.9 Å². The van der Waals surface area contributed by atoms with E-state index in [2.05, 4.69) is 24.3 Å². The van der Waals surface area contributed by atoms with E-state index in [1.165, 1.54) is 0 Å². The number of halogens is 1. The molecule has 0 atom stereocenters. The number of nitrogens with one attached hydrogen (secondary N) is 1. The van der Waals surface area contributed by atoms with Crippen molar-refractivity contribution in [2.24, 2.45) is 0 Å². The van der Waals surface area contributed by atoms with Crippen molar-refractivity contribution < 1.29 is 0 Å². The minimum Gasteiger partial charge on any atom is -0.379 e. The van der Waals surface area contributed by atoms with Gasteiger partial charge in [0.15, 0.2) is 0 Å². The van der Waals surface area contributed by atoms with Gasteiger partial charge < -0.3 is 5.32 Å². The Kier molecular flexibility index (Phi) is 4.08. The van der Waals surface area contributed by atoms with Gasteiger partial charge in [-0.25, -0.2) is 0 Å². The first-order chi connectivity index (χ1) is 9.10. The number of benzene rings is 1. The molecule has 1 heterocycles. The van der Waals surface area contributed by atoms with Gasteiger partial charge in [-0.15, -0.1) is 0 Å². The lowest BCUT2D eigenvalue weighted by Crippen LogP contribution is -2.04. The Balaban J connectivity index is 2.02. The van der Waals surface area contributed by atoms with Gasteiger partial charge in [0.1, 0.15) is 6.07 Å². The van der Waals surface area contributed by atoms with Gasteiger partial charge in [-0.2, -0.15) is 10.4 Å². The molecule has 4 nitrogen and oxygen atoms in total. The molecule has 5 heteroatoms. The van der Waals surface area contributed by atoms with Gasteiger partial charge in [0.25, 0.3) is 0 Å². The van der Waals surface area contributed by atoms with Crippen LogP contribution in [-0.4, -0.2) is 9.78 Å². The molecule has 0 saturated carbocycles. The molecule has 1 N–H and O–H groups in total. The van der Waals surface area contributed by atoms with Gasteiger partial charge in [0.05, 0.1) is 22.8 Å². The Bertz CT molecular complexity index is 610. The highest BCUT2D eigenvalue weighted by atomic mass is 35.5. The van der Waals surface area contributed by atoms with E-state index in [-0.39, 0.29) is 0 Å². The summed E-state index contributed by atoms with van der Waals surface area (Å²) < 4.78 is 1.92. The first-order valence-electron chi connectivity index (χ1n) is 6.07. The molecule has 0 spiro atoms. The molecule has 0 radical (unpaired) electrons. The number of hydrogen-bond donors (Lipinski definition) is 1. The van der Waals surface area contributed by atoms with E-state index in [1.807, 2.05) is 29.1 Å². The molecule has 19 heavy (non-hydrogen) atoms. The van der Waals surface area contributed by atoms with Crippen LogP contribution >= 0.6 is 11.6 Å². The summed E-state index contributed by atoms with van der Waals surface area (Å²) in [6.07, 6.45) is 1.97. The maximum Gasteiger partial charge on any atom is 0.101 e. The highest BCUT2D eigenvalue weighted by Gasteiger charge is 2.03. The quantitative estimate of drug-likeness (QED) is 0.927. The SMILES string of the molecule is CC(C)n1ccc(CNc2ccc(C#N)c(Cl)c2)n1. The topological polar surface area (TPSA) is 53.6 Å². The van der Waals surface area contributed by atoms with E-state index in [9.17, 15) is 0 Å². The van der Waals surface area contributed by atoms with E-state index in [0.29, 0.717) is 23.2 Å². The molecule has 2 rings (SSSR count). The molecule has 0 amide bonds. The van der Waals surface area contributed by atoms with Crippen LogP contribution in [0, 0.1) is 11.3 Å². The normalized spacial score (nSPS) is 10.5. The zero-order valence-electron chi connectivity index (χ0n) is 10.9. The summed E-state index contributed by atoms with van der Waals surface area (Å²) in [6.45, 7) is 4.80. The lowest BCUT2D eigenvalue weighted by atomic mass is 10.2. The third kappa shape index (κ3) is 3.27. The average molecular weight is 275 g/mol. The van der Waals surface area contributed by atoms with Crippen molar-refractivity contribution >= 4 is 17.3 Å². The van der Waals surface area contributed by atoms with Gasteiger partial charge in [0.2, 0.25) is 0 Å². The van der Waals surface area contributed by atoms with Crippen LogP contribution in [-0.2, 0) is 6.54 Å². The molecular formula is C14H15ClN4. The lowest BCUT2D eigenvalue weighted by Gasteiger charge is -2.06. The van der Waals surface area contributed by atoms with Crippen LogP contribution < -0.4 is 5.32 Å². The number of anilines is 1. The molecular weight excluding hydrogens is 260 g/mol. The number of hydrogen-bond acceptors (Lipinski definition) is 3. The predicted molar refractivity (Wildman–Crippen MR) is 76.1 cm³/mol. The zero-order valence-corrected chi connectivity index (χ0v) is 11.6. The van der Waals surface area contributed by atoms with E-state index in [0.717, 1.165) is 11.4 Å². The fraction of sp³-hybridized carbons (Fsp3) is 0.286. The van der Waals surface area contributed by atoms with Gasteiger partial charge in [-0.3, -0.25) is 4.68 Å². The highest BCUT2D eigenvalue weighted by Crippen LogP contribution is 2.20. The molecule has 1 aromatic carbocycles. The second-order valence-electron chi connectivity index (χ2n) is 4.54. The summed E-state index contributed by atoms with van der Waals surface area (Å²) in [5, 5.41) is 16.9. The van der Waals surface area contributed by atoms with E-state index in [1.54, 1.807) is 12.1 Å².